The number of unbranched alkanes of at least 4 members (excludes halogenated alkanes) is 16. The maximum atomic E-state index is 12.7. The van der Waals surface area contributed by atoms with Crippen molar-refractivity contribution >= 4 is 17.9 Å². The molecule has 0 amide bonds. The van der Waals surface area contributed by atoms with Crippen LogP contribution in [0.1, 0.15) is 220 Å². The lowest BCUT2D eigenvalue weighted by Gasteiger charge is -2.18. The van der Waals surface area contributed by atoms with Crippen LogP contribution in [0.3, 0.4) is 0 Å². The van der Waals surface area contributed by atoms with Gasteiger partial charge >= 0.3 is 17.9 Å². The molecule has 0 heterocycles. The lowest BCUT2D eigenvalue weighted by atomic mass is 10.1. The highest BCUT2D eigenvalue weighted by atomic mass is 16.6. The van der Waals surface area contributed by atoms with Gasteiger partial charge in [-0.2, -0.15) is 0 Å². The van der Waals surface area contributed by atoms with Crippen LogP contribution in [0.2, 0.25) is 0 Å². The summed E-state index contributed by atoms with van der Waals surface area (Å²) < 4.78 is 16.6. The number of hydrogen-bond donors (Lipinski definition) is 0. The first-order valence-electron chi connectivity index (χ1n) is 25.9. The minimum absolute atomic E-state index is 0.115. The van der Waals surface area contributed by atoms with Crippen LogP contribution in [0.4, 0.5) is 0 Å². The zero-order chi connectivity index (χ0) is 46.5. The Bertz CT molecular complexity index is 1340. The fourth-order valence-electron chi connectivity index (χ4n) is 6.65. The molecule has 0 fully saturated rings. The maximum absolute atomic E-state index is 12.7. The van der Waals surface area contributed by atoms with Crippen molar-refractivity contribution < 1.29 is 28.6 Å². The van der Waals surface area contributed by atoms with Crippen LogP contribution in [0, 0.1) is 0 Å². The molecule has 0 saturated carbocycles. The van der Waals surface area contributed by atoms with E-state index >= 15 is 0 Å². The summed E-state index contributed by atoms with van der Waals surface area (Å²) in [6.07, 6.45) is 69.7. The molecule has 0 aliphatic heterocycles. The Balaban J connectivity index is 4.37. The smallest absolute Gasteiger partial charge is 0.306 e. The predicted octanol–water partition coefficient (Wildman–Crippen LogP) is 17.1. The molecule has 0 aliphatic carbocycles. The first-order valence-corrected chi connectivity index (χ1v) is 25.9. The van der Waals surface area contributed by atoms with E-state index in [2.05, 4.69) is 118 Å². The van der Waals surface area contributed by atoms with Gasteiger partial charge in [-0.25, -0.2) is 0 Å². The fraction of sp³-hybridized carbons (Fsp3) is 0.638. The van der Waals surface area contributed by atoms with E-state index in [-0.39, 0.29) is 31.6 Å². The van der Waals surface area contributed by atoms with Crippen molar-refractivity contribution in [2.24, 2.45) is 0 Å². The van der Waals surface area contributed by atoms with E-state index in [1.54, 1.807) is 0 Å². The van der Waals surface area contributed by atoms with Crippen molar-refractivity contribution in [2.75, 3.05) is 13.2 Å². The quantitative estimate of drug-likeness (QED) is 0.0262. The first-order chi connectivity index (χ1) is 31.5. The monoisotopic (exact) mass is 887 g/mol. The minimum atomic E-state index is -0.822. The number of ether oxygens (including phenoxy) is 3. The van der Waals surface area contributed by atoms with E-state index in [1.807, 2.05) is 12.2 Å². The van der Waals surface area contributed by atoms with E-state index in [0.29, 0.717) is 19.3 Å². The SMILES string of the molecule is CC/C=C\C/C=C\C/C=C\C/C=C\C/C=C\C/C=C\CCC(=O)OC(COC(=O)CCCCCCCC)COC(=O)CCCCCCCC/C=C\C/C=C\C/C=C\CCCCCCC. The second-order valence-electron chi connectivity index (χ2n) is 16.7. The highest BCUT2D eigenvalue weighted by Crippen LogP contribution is 2.12. The van der Waals surface area contributed by atoms with Crippen LogP contribution in [0.15, 0.2) is 109 Å². The molecule has 0 saturated heterocycles. The highest BCUT2D eigenvalue weighted by Gasteiger charge is 2.19. The van der Waals surface area contributed by atoms with Crippen molar-refractivity contribution in [2.45, 2.75) is 226 Å². The van der Waals surface area contributed by atoms with E-state index < -0.39 is 12.1 Å². The summed E-state index contributed by atoms with van der Waals surface area (Å²) in [7, 11) is 0. The molecular formula is C58H94O6. The number of carbonyl (C=O) groups is 3. The molecule has 1 atom stereocenters. The Morgan fingerprint density at radius 2 is 0.641 bits per heavy atom. The summed E-state index contributed by atoms with van der Waals surface area (Å²) in [6, 6.07) is 0. The van der Waals surface area contributed by atoms with Gasteiger partial charge in [-0.15, -0.1) is 0 Å². The Morgan fingerprint density at radius 3 is 1.02 bits per heavy atom. The van der Waals surface area contributed by atoms with E-state index in [9.17, 15) is 14.4 Å². The van der Waals surface area contributed by atoms with Crippen molar-refractivity contribution in [3.05, 3.63) is 109 Å². The van der Waals surface area contributed by atoms with Gasteiger partial charge < -0.3 is 14.2 Å². The number of allylic oxidation sites excluding steroid dienone is 18. The van der Waals surface area contributed by atoms with Crippen LogP contribution < -0.4 is 0 Å². The van der Waals surface area contributed by atoms with E-state index in [4.69, 9.17) is 14.2 Å². The maximum Gasteiger partial charge on any atom is 0.306 e. The zero-order valence-electron chi connectivity index (χ0n) is 41.3. The molecule has 0 radical (unpaired) electrons. The molecule has 0 aliphatic rings. The van der Waals surface area contributed by atoms with Gasteiger partial charge in [0.1, 0.15) is 13.2 Å². The molecule has 64 heavy (non-hydrogen) atoms. The van der Waals surface area contributed by atoms with Crippen LogP contribution >= 0.6 is 0 Å². The topological polar surface area (TPSA) is 78.9 Å². The van der Waals surface area contributed by atoms with Gasteiger partial charge in [0.2, 0.25) is 0 Å². The Kier molecular flexibility index (Phi) is 48.5. The molecule has 0 aromatic carbocycles. The van der Waals surface area contributed by atoms with Gasteiger partial charge in [0, 0.05) is 19.3 Å². The zero-order valence-corrected chi connectivity index (χ0v) is 41.3. The fourth-order valence-corrected chi connectivity index (χ4v) is 6.65. The van der Waals surface area contributed by atoms with Crippen LogP contribution in [-0.2, 0) is 28.6 Å². The van der Waals surface area contributed by atoms with Crippen molar-refractivity contribution in [1.29, 1.82) is 0 Å². The average molecular weight is 887 g/mol. The summed E-state index contributed by atoms with van der Waals surface area (Å²) in [5, 5.41) is 0. The second-order valence-corrected chi connectivity index (χ2v) is 16.7. The Morgan fingerprint density at radius 1 is 0.328 bits per heavy atom. The van der Waals surface area contributed by atoms with Gasteiger partial charge in [-0.1, -0.05) is 214 Å². The third kappa shape index (κ3) is 49.1. The van der Waals surface area contributed by atoms with E-state index in [0.717, 1.165) is 103 Å². The molecule has 362 valence electrons. The van der Waals surface area contributed by atoms with Crippen molar-refractivity contribution in [1.82, 2.24) is 0 Å². The lowest BCUT2D eigenvalue weighted by Crippen LogP contribution is -2.30. The lowest BCUT2D eigenvalue weighted by molar-refractivity contribution is -0.166. The Hall–Kier alpha value is -3.93. The summed E-state index contributed by atoms with van der Waals surface area (Å²) in [5.74, 6) is -1.03. The first kappa shape index (κ1) is 60.1. The van der Waals surface area contributed by atoms with Crippen molar-refractivity contribution in [3.63, 3.8) is 0 Å². The molecule has 0 rings (SSSR count). The van der Waals surface area contributed by atoms with Gasteiger partial charge in [-0.05, 0) is 96.3 Å². The van der Waals surface area contributed by atoms with Gasteiger partial charge in [0.05, 0.1) is 0 Å². The second kappa shape index (κ2) is 51.7. The molecule has 0 N–H and O–H groups in total. The molecule has 0 spiro atoms. The third-order valence-corrected chi connectivity index (χ3v) is 10.5. The number of esters is 3. The molecular weight excluding hydrogens is 793 g/mol. The molecule has 6 nitrogen and oxygen atoms in total. The molecule has 0 aromatic rings. The highest BCUT2D eigenvalue weighted by molar-refractivity contribution is 5.71. The van der Waals surface area contributed by atoms with Gasteiger partial charge in [0.15, 0.2) is 6.10 Å². The number of carbonyl (C=O) groups excluding carboxylic acids is 3. The summed E-state index contributed by atoms with van der Waals surface area (Å²) in [4.78, 5) is 37.7. The van der Waals surface area contributed by atoms with Crippen molar-refractivity contribution in [3.8, 4) is 0 Å². The minimum Gasteiger partial charge on any atom is -0.462 e. The molecule has 6 heteroatoms. The summed E-state index contributed by atoms with van der Waals surface area (Å²) in [5.41, 5.74) is 0. The molecule has 0 aromatic heterocycles. The average Bonchev–Trinajstić information content (AvgIpc) is 3.29. The third-order valence-electron chi connectivity index (χ3n) is 10.5. The summed E-state index contributed by atoms with van der Waals surface area (Å²) in [6.45, 7) is 6.36. The number of rotatable bonds is 45. The number of hydrogen-bond acceptors (Lipinski definition) is 6. The molecule has 0 bridgehead atoms. The Labute approximate surface area is 393 Å². The van der Waals surface area contributed by atoms with Gasteiger partial charge in [-0.3, -0.25) is 14.4 Å². The van der Waals surface area contributed by atoms with Crippen LogP contribution in [0.5, 0.6) is 0 Å². The van der Waals surface area contributed by atoms with E-state index in [1.165, 1.54) is 70.6 Å². The van der Waals surface area contributed by atoms with Crippen LogP contribution in [-0.4, -0.2) is 37.2 Å². The molecule has 1 unspecified atom stereocenters. The van der Waals surface area contributed by atoms with Gasteiger partial charge in [0.25, 0.3) is 0 Å². The summed E-state index contributed by atoms with van der Waals surface area (Å²) >= 11 is 0. The standard InChI is InChI=1S/C58H94O6/c1-4-7-10-13-16-18-20-22-24-26-28-29-31-32-34-36-38-40-42-45-48-51-57(60)63-54-55(53-62-56(59)50-47-44-15-12-9-6-3)64-58(61)52-49-46-43-41-39-37-35-33-30-27-25-23-21-19-17-14-11-8-5-2/h8,11,17,19-20,22-23,25-26,28,30-33,37,39,43,46,55H,4-7,9-10,12-16,18,21,24,27,29,34-36,38,40-42,44-45,47-54H2,1-3H3/b11-8-,19-17-,22-20-,25-23-,28-26-,32-31-,33-30-,39-37-,46-43-. The largest absolute Gasteiger partial charge is 0.462 e. The van der Waals surface area contributed by atoms with Crippen LogP contribution in [0.25, 0.3) is 0 Å². The normalized spacial score (nSPS) is 13.0. The predicted molar refractivity (Wildman–Crippen MR) is 274 cm³/mol.